The molecule has 0 heterocycles. The average molecular weight is 268 g/mol. The van der Waals surface area contributed by atoms with Crippen LogP contribution >= 0.6 is 0 Å². The summed E-state index contributed by atoms with van der Waals surface area (Å²) in [7, 11) is 0. The first-order valence-corrected chi connectivity index (χ1v) is 6.80. The summed E-state index contributed by atoms with van der Waals surface area (Å²) in [6, 6.07) is 17.9. The molecule has 0 unspecified atom stereocenters. The lowest BCUT2D eigenvalue weighted by Gasteiger charge is -2.14. The van der Waals surface area contributed by atoms with E-state index < -0.39 is 0 Å². The van der Waals surface area contributed by atoms with Gasteiger partial charge >= 0.3 is 0 Å². The van der Waals surface area contributed by atoms with Crippen LogP contribution in [0.3, 0.4) is 0 Å². The second-order valence-electron chi connectivity index (χ2n) is 4.93. The van der Waals surface area contributed by atoms with E-state index in [4.69, 9.17) is 0 Å². The Balaban J connectivity index is 1.84. The Kier molecular flexibility index (Phi) is 4.91. The van der Waals surface area contributed by atoms with Gasteiger partial charge in [0.05, 0.1) is 6.54 Å². The first-order chi connectivity index (χ1) is 9.65. The third-order valence-electron chi connectivity index (χ3n) is 3.17. The summed E-state index contributed by atoms with van der Waals surface area (Å²) in [6.07, 6.45) is 0. The van der Waals surface area contributed by atoms with E-state index in [2.05, 4.69) is 42.7 Å². The summed E-state index contributed by atoms with van der Waals surface area (Å²) in [4.78, 5) is 11.8. The van der Waals surface area contributed by atoms with Crippen LogP contribution in [0.5, 0.6) is 0 Å². The number of hydrogen-bond acceptors (Lipinski definition) is 2. The minimum absolute atomic E-state index is 0.0318. The average Bonchev–Trinajstić information content (AvgIpc) is 2.46. The highest BCUT2D eigenvalue weighted by atomic mass is 16.1. The standard InChI is InChI=1S/C17H20N2O/c1-13-7-6-8-15(11-13)14(2)18-12-17(20)19-16-9-4-3-5-10-16/h3-11,14,18H,12H2,1-2H3,(H,19,20)/t14-/m0/s1. The van der Waals surface area contributed by atoms with Gasteiger partial charge in [0, 0.05) is 11.7 Å². The number of carbonyl (C=O) groups is 1. The van der Waals surface area contributed by atoms with Gasteiger partial charge in [-0.2, -0.15) is 0 Å². The fourth-order valence-electron chi connectivity index (χ4n) is 2.03. The molecule has 0 bridgehead atoms. The number of para-hydroxylation sites is 1. The highest BCUT2D eigenvalue weighted by Gasteiger charge is 2.07. The van der Waals surface area contributed by atoms with Crippen LogP contribution in [0.4, 0.5) is 5.69 Å². The third kappa shape index (κ3) is 4.21. The third-order valence-corrected chi connectivity index (χ3v) is 3.17. The van der Waals surface area contributed by atoms with Gasteiger partial charge in [0.2, 0.25) is 5.91 Å². The number of carbonyl (C=O) groups excluding carboxylic acids is 1. The molecule has 0 radical (unpaired) electrons. The van der Waals surface area contributed by atoms with Gasteiger partial charge in [-0.05, 0) is 31.5 Å². The molecule has 2 rings (SSSR count). The summed E-state index contributed by atoms with van der Waals surface area (Å²) in [5.41, 5.74) is 3.24. The molecule has 0 fully saturated rings. The molecule has 1 amide bonds. The van der Waals surface area contributed by atoms with Crippen molar-refractivity contribution in [2.75, 3.05) is 11.9 Å². The molecular weight excluding hydrogens is 248 g/mol. The molecule has 20 heavy (non-hydrogen) atoms. The summed E-state index contributed by atoms with van der Waals surface area (Å²) < 4.78 is 0. The molecule has 3 heteroatoms. The number of rotatable bonds is 5. The molecule has 0 saturated heterocycles. The van der Waals surface area contributed by atoms with Gasteiger partial charge in [0.1, 0.15) is 0 Å². The normalized spacial score (nSPS) is 11.9. The van der Waals surface area contributed by atoms with Crippen molar-refractivity contribution >= 4 is 11.6 Å². The number of amides is 1. The zero-order valence-electron chi connectivity index (χ0n) is 11.9. The van der Waals surface area contributed by atoms with Crippen molar-refractivity contribution in [1.82, 2.24) is 5.32 Å². The fraction of sp³-hybridized carbons (Fsp3) is 0.235. The first-order valence-electron chi connectivity index (χ1n) is 6.80. The van der Waals surface area contributed by atoms with Gasteiger partial charge < -0.3 is 10.6 Å². The second-order valence-corrected chi connectivity index (χ2v) is 4.93. The highest BCUT2D eigenvalue weighted by molar-refractivity contribution is 5.92. The lowest BCUT2D eigenvalue weighted by Crippen LogP contribution is -2.30. The number of benzene rings is 2. The van der Waals surface area contributed by atoms with Crippen LogP contribution in [0.15, 0.2) is 54.6 Å². The Morgan fingerprint density at radius 3 is 2.55 bits per heavy atom. The maximum absolute atomic E-state index is 11.8. The Morgan fingerprint density at radius 2 is 1.85 bits per heavy atom. The lowest BCUT2D eigenvalue weighted by atomic mass is 10.1. The molecule has 0 saturated carbocycles. The molecule has 1 atom stereocenters. The SMILES string of the molecule is Cc1cccc([C@H](C)NCC(=O)Nc2ccccc2)c1. The number of nitrogens with one attached hydrogen (secondary N) is 2. The van der Waals surface area contributed by atoms with Crippen molar-refractivity contribution in [1.29, 1.82) is 0 Å². The van der Waals surface area contributed by atoms with Gasteiger partial charge in [-0.3, -0.25) is 4.79 Å². The van der Waals surface area contributed by atoms with Crippen molar-refractivity contribution < 1.29 is 4.79 Å². The van der Waals surface area contributed by atoms with Gasteiger partial charge in [-0.1, -0.05) is 48.0 Å². The summed E-state index contributed by atoms with van der Waals surface area (Å²) in [6.45, 7) is 4.42. The van der Waals surface area contributed by atoms with Crippen LogP contribution < -0.4 is 10.6 Å². The van der Waals surface area contributed by atoms with E-state index in [0.717, 1.165) is 5.69 Å². The van der Waals surface area contributed by atoms with Gasteiger partial charge in [0.15, 0.2) is 0 Å². The van der Waals surface area contributed by atoms with Crippen molar-refractivity contribution in [2.45, 2.75) is 19.9 Å². The maximum atomic E-state index is 11.8. The Labute approximate surface area is 120 Å². The number of anilines is 1. The van der Waals surface area contributed by atoms with Crippen LogP contribution in [-0.4, -0.2) is 12.5 Å². The van der Waals surface area contributed by atoms with Crippen LogP contribution in [0.1, 0.15) is 24.1 Å². The predicted octanol–water partition coefficient (Wildman–Crippen LogP) is 3.28. The van der Waals surface area contributed by atoms with Crippen molar-refractivity contribution in [3.05, 3.63) is 65.7 Å². The fourth-order valence-corrected chi connectivity index (χ4v) is 2.03. The quantitative estimate of drug-likeness (QED) is 0.873. The van der Waals surface area contributed by atoms with Gasteiger partial charge in [-0.25, -0.2) is 0 Å². The topological polar surface area (TPSA) is 41.1 Å². The Hall–Kier alpha value is -2.13. The van der Waals surface area contributed by atoms with Crippen LogP contribution in [0.25, 0.3) is 0 Å². The highest BCUT2D eigenvalue weighted by Crippen LogP contribution is 2.13. The van der Waals surface area contributed by atoms with E-state index in [9.17, 15) is 4.79 Å². The molecule has 0 aliphatic rings. The van der Waals surface area contributed by atoms with Crippen LogP contribution in [0.2, 0.25) is 0 Å². The molecule has 3 nitrogen and oxygen atoms in total. The second kappa shape index (κ2) is 6.87. The smallest absolute Gasteiger partial charge is 0.238 e. The zero-order valence-corrected chi connectivity index (χ0v) is 11.9. The van der Waals surface area contributed by atoms with Gasteiger partial charge in [0.25, 0.3) is 0 Å². The molecule has 0 aliphatic heterocycles. The summed E-state index contributed by atoms with van der Waals surface area (Å²) in [5, 5.41) is 6.09. The predicted molar refractivity (Wildman–Crippen MR) is 82.7 cm³/mol. The molecular formula is C17H20N2O. The lowest BCUT2D eigenvalue weighted by molar-refractivity contribution is -0.115. The Morgan fingerprint density at radius 1 is 1.10 bits per heavy atom. The van der Waals surface area contributed by atoms with E-state index in [0.29, 0.717) is 6.54 Å². The maximum Gasteiger partial charge on any atom is 0.238 e. The molecule has 2 aromatic rings. The first kappa shape index (κ1) is 14.3. The molecule has 0 aliphatic carbocycles. The minimum Gasteiger partial charge on any atom is -0.325 e. The van der Waals surface area contributed by atoms with E-state index in [-0.39, 0.29) is 11.9 Å². The van der Waals surface area contributed by atoms with Gasteiger partial charge in [-0.15, -0.1) is 0 Å². The number of aryl methyl sites for hydroxylation is 1. The summed E-state index contributed by atoms with van der Waals surface area (Å²) >= 11 is 0. The Bertz CT molecular complexity index is 566. The zero-order chi connectivity index (χ0) is 14.4. The molecule has 0 aromatic heterocycles. The minimum atomic E-state index is -0.0318. The van der Waals surface area contributed by atoms with Crippen LogP contribution in [-0.2, 0) is 4.79 Å². The molecule has 0 spiro atoms. The van der Waals surface area contributed by atoms with Crippen molar-refractivity contribution in [2.24, 2.45) is 0 Å². The van der Waals surface area contributed by atoms with E-state index in [1.165, 1.54) is 11.1 Å². The summed E-state index contributed by atoms with van der Waals surface area (Å²) in [5.74, 6) is -0.0318. The molecule has 2 aromatic carbocycles. The van der Waals surface area contributed by atoms with E-state index in [1.807, 2.05) is 36.4 Å². The monoisotopic (exact) mass is 268 g/mol. The molecule has 2 N–H and O–H groups in total. The largest absolute Gasteiger partial charge is 0.325 e. The van der Waals surface area contributed by atoms with E-state index >= 15 is 0 Å². The van der Waals surface area contributed by atoms with Crippen LogP contribution in [0, 0.1) is 6.92 Å². The van der Waals surface area contributed by atoms with Crippen molar-refractivity contribution in [3.8, 4) is 0 Å². The number of hydrogen-bond donors (Lipinski definition) is 2. The van der Waals surface area contributed by atoms with E-state index in [1.54, 1.807) is 0 Å². The molecule has 104 valence electrons. The van der Waals surface area contributed by atoms with Crippen molar-refractivity contribution in [3.63, 3.8) is 0 Å².